The van der Waals surface area contributed by atoms with Gasteiger partial charge < -0.3 is 0 Å². The standard InChI is InChI=1S/C12H13NO4/c1-12(2)8(14)4-5(9(12)15)7-6(4)10(16)13(3)11(7)17/h4-7H,1-3H3/t4-,5?,6?,7+/m1/s1. The van der Waals surface area contributed by atoms with Crippen molar-refractivity contribution < 1.29 is 19.2 Å². The molecule has 2 unspecified atom stereocenters. The molecule has 2 saturated carbocycles. The first-order chi connectivity index (χ1) is 7.80. The van der Waals surface area contributed by atoms with E-state index in [9.17, 15) is 19.2 Å². The lowest BCUT2D eigenvalue weighted by atomic mass is 9.59. The van der Waals surface area contributed by atoms with Gasteiger partial charge in [0.05, 0.1) is 17.3 Å². The van der Waals surface area contributed by atoms with Gasteiger partial charge in [-0.05, 0) is 13.8 Å². The summed E-state index contributed by atoms with van der Waals surface area (Å²) in [7, 11) is 1.42. The molecule has 0 radical (unpaired) electrons. The van der Waals surface area contributed by atoms with Crippen molar-refractivity contribution in [3.63, 3.8) is 0 Å². The molecule has 0 N–H and O–H groups in total. The molecular weight excluding hydrogens is 222 g/mol. The number of hydrogen-bond acceptors (Lipinski definition) is 4. The van der Waals surface area contributed by atoms with E-state index in [4.69, 9.17) is 0 Å². The summed E-state index contributed by atoms with van der Waals surface area (Å²) in [6, 6.07) is 0. The zero-order chi connectivity index (χ0) is 12.7. The molecule has 3 rings (SSSR count). The summed E-state index contributed by atoms with van der Waals surface area (Å²) in [5, 5.41) is 0. The fraction of sp³-hybridized carbons (Fsp3) is 0.667. The zero-order valence-corrected chi connectivity index (χ0v) is 9.89. The van der Waals surface area contributed by atoms with Crippen molar-refractivity contribution in [2.45, 2.75) is 13.8 Å². The predicted molar refractivity (Wildman–Crippen MR) is 55.5 cm³/mol. The van der Waals surface area contributed by atoms with E-state index in [1.54, 1.807) is 13.8 Å². The van der Waals surface area contributed by atoms with Gasteiger partial charge in [0.2, 0.25) is 11.8 Å². The summed E-state index contributed by atoms with van der Waals surface area (Å²) in [5.74, 6) is -3.21. The maximum atomic E-state index is 12.1. The Hall–Kier alpha value is -1.52. The molecule has 1 saturated heterocycles. The number of ketones is 2. The predicted octanol–water partition coefficient (Wildman–Crippen LogP) is -0.359. The molecule has 2 aliphatic carbocycles. The Bertz CT molecular complexity index is 451. The topological polar surface area (TPSA) is 71.5 Å². The van der Waals surface area contributed by atoms with Gasteiger partial charge in [-0.25, -0.2) is 0 Å². The van der Waals surface area contributed by atoms with Crippen LogP contribution >= 0.6 is 0 Å². The van der Waals surface area contributed by atoms with E-state index in [1.807, 2.05) is 0 Å². The van der Waals surface area contributed by atoms with Gasteiger partial charge in [0.15, 0.2) is 0 Å². The highest BCUT2D eigenvalue weighted by molar-refractivity contribution is 6.22. The SMILES string of the molecule is CN1C(=O)C2[C@@H](C1=O)C1C(=O)C(C)(C)C(=O)[C@@H]21. The van der Waals surface area contributed by atoms with E-state index in [2.05, 4.69) is 0 Å². The monoisotopic (exact) mass is 235 g/mol. The van der Waals surface area contributed by atoms with Crippen LogP contribution in [0.1, 0.15) is 13.8 Å². The molecule has 4 atom stereocenters. The maximum Gasteiger partial charge on any atom is 0.233 e. The molecule has 5 nitrogen and oxygen atoms in total. The lowest BCUT2D eigenvalue weighted by molar-refractivity contribution is -0.146. The summed E-state index contributed by atoms with van der Waals surface area (Å²) >= 11 is 0. The number of hydrogen-bond donors (Lipinski definition) is 0. The van der Waals surface area contributed by atoms with Crippen LogP contribution in [0.15, 0.2) is 0 Å². The van der Waals surface area contributed by atoms with E-state index in [1.165, 1.54) is 7.05 Å². The molecule has 0 spiro atoms. The largest absolute Gasteiger partial charge is 0.298 e. The maximum absolute atomic E-state index is 12.1. The minimum atomic E-state index is -1.03. The molecule has 1 aliphatic heterocycles. The van der Waals surface area contributed by atoms with Crippen LogP contribution in [0.3, 0.4) is 0 Å². The van der Waals surface area contributed by atoms with Crippen molar-refractivity contribution in [1.29, 1.82) is 0 Å². The van der Waals surface area contributed by atoms with E-state index in [0.717, 1.165) is 4.90 Å². The fourth-order valence-corrected chi connectivity index (χ4v) is 3.53. The Kier molecular flexibility index (Phi) is 1.66. The number of carbonyl (C=O) groups is 4. The van der Waals surface area contributed by atoms with Crippen LogP contribution in [0.25, 0.3) is 0 Å². The van der Waals surface area contributed by atoms with Gasteiger partial charge in [0.1, 0.15) is 11.6 Å². The highest BCUT2D eigenvalue weighted by Crippen LogP contribution is 2.60. The minimum Gasteiger partial charge on any atom is -0.298 e. The van der Waals surface area contributed by atoms with Crippen LogP contribution in [0.4, 0.5) is 0 Å². The van der Waals surface area contributed by atoms with Crippen LogP contribution in [-0.2, 0) is 19.2 Å². The van der Waals surface area contributed by atoms with Crippen LogP contribution in [0.2, 0.25) is 0 Å². The number of carbonyl (C=O) groups excluding carboxylic acids is 4. The third-order valence-electron chi connectivity index (χ3n) is 4.62. The van der Waals surface area contributed by atoms with Gasteiger partial charge in [-0.2, -0.15) is 0 Å². The summed E-state index contributed by atoms with van der Waals surface area (Å²) in [5.41, 5.74) is -1.03. The molecular formula is C12H13NO4. The first kappa shape index (κ1) is 10.6. The number of rotatable bonds is 0. The van der Waals surface area contributed by atoms with Crippen LogP contribution in [0, 0.1) is 29.1 Å². The molecule has 0 bridgehead atoms. The number of fused-ring (bicyclic) bond motifs is 4. The Labute approximate surface area is 98.1 Å². The number of nitrogens with zero attached hydrogens (tertiary/aromatic N) is 1. The number of likely N-dealkylation sites (tertiary alicyclic amines) is 1. The van der Waals surface area contributed by atoms with E-state index >= 15 is 0 Å². The molecule has 3 fully saturated rings. The van der Waals surface area contributed by atoms with Crippen LogP contribution < -0.4 is 0 Å². The third-order valence-corrected chi connectivity index (χ3v) is 4.62. The first-order valence-corrected chi connectivity index (χ1v) is 5.70. The Morgan fingerprint density at radius 3 is 1.53 bits per heavy atom. The first-order valence-electron chi connectivity index (χ1n) is 5.70. The Balaban J connectivity index is 2.07. The summed E-state index contributed by atoms with van der Waals surface area (Å²) in [6.07, 6.45) is 0. The quantitative estimate of drug-likeness (QED) is 0.424. The average molecular weight is 235 g/mol. The molecule has 0 aromatic rings. The molecule has 5 heteroatoms. The molecule has 3 aliphatic rings. The molecule has 0 aromatic heterocycles. The van der Waals surface area contributed by atoms with Gasteiger partial charge in [-0.15, -0.1) is 0 Å². The number of Topliss-reactive ketones (excluding diaryl/α,β-unsaturated/α-hetero) is 2. The Morgan fingerprint density at radius 2 is 1.18 bits per heavy atom. The highest BCUT2D eigenvalue weighted by Gasteiger charge is 2.74. The summed E-state index contributed by atoms with van der Waals surface area (Å²) in [4.78, 5) is 48.9. The second-order valence-corrected chi connectivity index (χ2v) is 5.69. The van der Waals surface area contributed by atoms with E-state index in [-0.39, 0.29) is 23.4 Å². The molecule has 17 heavy (non-hydrogen) atoms. The highest BCUT2D eigenvalue weighted by atomic mass is 16.2. The number of imide groups is 1. The Morgan fingerprint density at radius 1 is 0.824 bits per heavy atom. The second-order valence-electron chi connectivity index (χ2n) is 5.69. The molecule has 2 amide bonds. The summed E-state index contributed by atoms with van der Waals surface area (Å²) < 4.78 is 0. The molecule has 1 heterocycles. The average Bonchev–Trinajstić information content (AvgIpc) is 2.47. The fourth-order valence-electron chi connectivity index (χ4n) is 3.53. The van der Waals surface area contributed by atoms with Crippen LogP contribution in [0.5, 0.6) is 0 Å². The van der Waals surface area contributed by atoms with Crippen molar-refractivity contribution in [2.24, 2.45) is 29.1 Å². The van der Waals surface area contributed by atoms with Crippen molar-refractivity contribution in [3.05, 3.63) is 0 Å². The van der Waals surface area contributed by atoms with Gasteiger partial charge >= 0.3 is 0 Å². The van der Waals surface area contributed by atoms with Crippen molar-refractivity contribution in [3.8, 4) is 0 Å². The van der Waals surface area contributed by atoms with Gasteiger partial charge in [0, 0.05) is 18.9 Å². The lowest BCUT2D eigenvalue weighted by Crippen LogP contribution is -2.50. The minimum absolute atomic E-state index is 0.176. The third kappa shape index (κ3) is 0.885. The van der Waals surface area contributed by atoms with Gasteiger partial charge in [-0.3, -0.25) is 24.1 Å². The summed E-state index contributed by atoms with van der Waals surface area (Å²) in [6.45, 7) is 3.18. The van der Waals surface area contributed by atoms with Gasteiger partial charge in [0.25, 0.3) is 0 Å². The van der Waals surface area contributed by atoms with Crippen molar-refractivity contribution >= 4 is 23.4 Å². The molecule has 0 aromatic carbocycles. The second kappa shape index (κ2) is 2.66. The molecule has 90 valence electrons. The van der Waals surface area contributed by atoms with Gasteiger partial charge in [-0.1, -0.05) is 0 Å². The lowest BCUT2D eigenvalue weighted by Gasteiger charge is -2.38. The van der Waals surface area contributed by atoms with E-state index in [0.29, 0.717) is 0 Å². The number of amides is 2. The van der Waals surface area contributed by atoms with Crippen LogP contribution in [-0.4, -0.2) is 35.3 Å². The van der Waals surface area contributed by atoms with E-state index < -0.39 is 29.1 Å². The smallest absolute Gasteiger partial charge is 0.233 e. The van der Waals surface area contributed by atoms with Crippen molar-refractivity contribution in [1.82, 2.24) is 4.90 Å². The zero-order valence-electron chi connectivity index (χ0n) is 9.89. The normalized spacial score (nSPS) is 42.6. The van der Waals surface area contributed by atoms with Crippen molar-refractivity contribution in [2.75, 3.05) is 7.05 Å².